The molecule has 0 aromatic carbocycles. The van der Waals surface area contributed by atoms with E-state index in [-0.39, 0.29) is 4.65 Å². The molecule has 0 saturated carbocycles. The molecule has 1 heterocycles. The zero-order valence-corrected chi connectivity index (χ0v) is 17.1. The maximum Gasteiger partial charge on any atom is 0.180 e. The van der Waals surface area contributed by atoms with E-state index in [1.807, 2.05) is 54.0 Å². The first-order valence-electron chi connectivity index (χ1n) is 7.48. The van der Waals surface area contributed by atoms with Gasteiger partial charge in [0.1, 0.15) is 0 Å². The number of pyridine rings is 1. The molecule has 0 aliphatic heterocycles. The Kier molecular flexibility index (Phi) is 41.9. The second-order valence-corrected chi connectivity index (χ2v) is 4.97. The number of aromatic nitrogens is 1. The van der Waals surface area contributed by atoms with Crippen LogP contribution in [0.3, 0.4) is 0 Å². The largest absolute Gasteiger partial charge is 0.633 e. The lowest BCUT2D eigenvalue weighted by Gasteiger charge is -2.27. The highest BCUT2D eigenvalue weighted by Gasteiger charge is 1.79. The summed E-state index contributed by atoms with van der Waals surface area (Å²) < 4.78 is 0.500. The van der Waals surface area contributed by atoms with Gasteiger partial charge in [-0.15, -0.1) is 0 Å². The highest BCUT2D eigenvalue weighted by atomic mass is 16.5. The molecule has 0 spiro atoms. The van der Waals surface area contributed by atoms with E-state index in [0.29, 0.717) is 0 Å². The van der Waals surface area contributed by atoms with Crippen molar-refractivity contribution in [2.24, 2.45) is 5.73 Å². The second kappa shape index (κ2) is 28.8. The molecular weight excluding hydrogens is 294 g/mol. The Hall–Kier alpha value is -1.25. The van der Waals surface area contributed by atoms with Gasteiger partial charge in [-0.1, -0.05) is 19.9 Å². The maximum atomic E-state index is 10.2. The fourth-order valence-corrected chi connectivity index (χ4v) is 0.383. The molecular formula is C16H41N5O2. The number of rotatable bonds is 0. The summed E-state index contributed by atoms with van der Waals surface area (Å²) >= 11 is 0. The van der Waals surface area contributed by atoms with Gasteiger partial charge in [-0.25, -0.2) is 0 Å². The predicted octanol–water partition coefficient (Wildman–Crippen LogP) is 1.12. The number of nitrogens with two attached hydrogens (primary N) is 1. The topological polar surface area (TPSA) is 91.3 Å². The third-order valence-corrected chi connectivity index (χ3v) is 0.688. The van der Waals surface area contributed by atoms with Crippen LogP contribution in [0.1, 0.15) is 13.8 Å². The summed E-state index contributed by atoms with van der Waals surface area (Å²) in [6.45, 7) is 4.00. The van der Waals surface area contributed by atoms with Gasteiger partial charge in [0.2, 0.25) is 0 Å². The zero-order chi connectivity index (χ0) is 19.9. The molecule has 0 radical (unpaired) electrons. The minimum Gasteiger partial charge on any atom is -0.633 e. The van der Waals surface area contributed by atoms with E-state index in [0.717, 1.165) is 4.73 Å². The first kappa shape index (κ1) is 33.4. The molecule has 0 saturated heterocycles. The van der Waals surface area contributed by atoms with Crippen molar-refractivity contribution in [3.8, 4) is 0 Å². The lowest BCUT2D eigenvalue weighted by atomic mass is 10.5. The van der Waals surface area contributed by atoms with Crippen LogP contribution >= 0.6 is 0 Å². The highest BCUT2D eigenvalue weighted by molar-refractivity contribution is 4.83. The number of nitrogens with one attached hydrogen (secondary N) is 1. The van der Waals surface area contributed by atoms with E-state index in [9.17, 15) is 10.4 Å². The van der Waals surface area contributed by atoms with Gasteiger partial charge >= 0.3 is 0 Å². The van der Waals surface area contributed by atoms with Gasteiger partial charge in [0.25, 0.3) is 0 Å². The van der Waals surface area contributed by atoms with Crippen molar-refractivity contribution in [3.63, 3.8) is 0 Å². The molecule has 1 aromatic heterocycles. The van der Waals surface area contributed by atoms with E-state index in [2.05, 4.69) is 11.1 Å². The van der Waals surface area contributed by atoms with Crippen LogP contribution in [0.4, 0.5) is 0 Å². The van der Waals surface area contributed by atoms with Gasteiger partial charge in [0.15, 0.2) is 12.4 Å². The molecule has 0 bridgehead atoms. The maximum absolute atomic E-state index is 10.2. The second-order valence-electron chi connectivity index (χ2n) is 4.97. The zero-order valence-electron chi connectivity index (χ0n) is 17.1. The first-order chi connectivity index (χ1) is 10.5. The van der Waals surface area contributed by atoms with Crippen molar-refractivity contribution in [1.82, 2.24) is 10.2 Å². The van der Waals surface area contributed by atoms with Gasteiger partial charge in [0.05, 0.1) is 21.1 Å². The van der Waals surface area contributed by atoms with Crippen molar-refractivity contribution in [3.05, 3.63) is 41.0 Å². The van der Waals surface area contributed by atoms with Crippen LogP contribution in [0.15, 0.2) is 30.6 Å². The molecule has 7 heteroatoms. The van der Waals surface area contributed by atoms with E-state index in [1.165, 1.54) is 19.4 Å². The quantitative estimate of drug-likeness (QED) is 0.321. The smallest absolute Gasteiger partial charge is 0.180 e. The molecule has 3 N–H and O–H groups in total. The van der Waals surface area contributed by atoms with Crippen molar-refractivity contribution in [2.45, 2.75) is 13.8 Å². The van der Waals surface area contributed by atoms with Gasteiger partial charge < -0.3 is 31.0 Å². The van der Waals surface area contributed by atoms with Gasteiger partial charge in [-0.3, -0.25) is 0 Å². The summed E-state index contributed by atoms with van der Waals surface area (Å²) in [5, 5.41) is 23.0. The predicted molar refractivity (Wildman–Crippen MR) is 103 cm³/mol. The van der Waals surface area contributed by atoms with Gasteiger partial charge in [-0.2, -0.15) is 4.73 Å². The van der Waals surface area contributed by atoms with Gasteiger partial charge in [-0.05, 0) is 42.3 Å². The van der Waals surface area contributed by atoms with Gasteiger partial charge in [0, 0.05) is 12.1 Å². The molecule has 23 heavy (non-hydrogen) atoms. The molecule has 0 aliphatic carbocycles. The number of hydroxylamine groups is 3. The summed E-state index contributed by atoms with van der Waals surface area (Å²) in [6, 6.07) is 5.18. The monoisotopic (exact) mass is 335 g/mol. The highest BCUT2D eigenvalue weighted by Crippen LogP contribution is 1.77. The average Bonchev–Trinajstić information content (AvgIpc) is 2.42. The molecule has 142 valence electrons. The summed E-state index contributed by atoms with van der Waals surface area (Å²) in [5.41, 5.74) is 4.50. The minimum atomic E-state index is -0.250. The van der Waals surface area contributed by atoms with E-state index in [4.69, 9.17) is 0 Å². The van der Waals surface area contributed by atoms with Crippen molar-refractivity contribution >= 4 is 0 Å². The average molecular weight is 336 g/mol. The standard InChI is InChI=1S/C5H5NO.C3H9NO.C3H9N.C2H7N.C2H6.CH5N/c7-6-4-2-1-3-5-6;1-4(2,3)5;1-4(2)3;1-3-2;2*1-2/h1-5H;1-3H3;1-3H3;3H,1-2H3;1-2H3;2H2,1H3. The number of hydrogen-bond donors (Lipinski definition) is 2. The van der Waals surface area contributed by atoms with Crippen LogP contribution in [0, 0.1) is 10.4 Å². The van der Waals surface area contributed by atoms with Crippen LogP contribution in [0.2, 0.25) is 0 Å². The Morgan fingerprint density at radius 1 is 0.913 bits per heavy atom. The molecule has 0 aliphatic rings. The summed E-state index contributed by atoms with van der Waals surface area (Å²) in [7, 11) is 16.0. The number of quaternary nitrogens is 1. The van der Waals surface area contributed by atoms with Crippen LogP contribution in [-0.2, 0) is 0 Å². The SMILES string of the molecule is CC.CN.CN(C)C.CNC.C[N+](C)(C)[O-].[O-][n+]1ccccc1. The first-order valence-corrected chi connectivity index (χ1v) is 7.48. The number of hydrogen-bond acceptors (Lipinski definition) is 5. The van der Waals surface area contributed by atoms with E-state index < -0.39 is 0 Å². The minimum absolute atomic E-state index is 0.250. The molecule has 7 nitrogen and oxygen atoms in total. The lowest BCUT2D eigenvalue weighted by Crippen LogP contribution is -2.25. The lowest BCUT2D eigenvalue weighted by molar-refractivity contribution is -0.818. The van der Waals surface area contributed by atoms with Crippen molar-refractivity contribution < 1.29 is 9.38 Å². The van der Waals surface area contributed by atoms with E-state index >= 15 is 0 Å². The fraction of sp³-hybridized carbons (Fsp3) is 0.688. The fourth-order valence-electron chi connectivity index (χ4n) is 0.383. The third-order valence-electron chi connectivity index (χ3n) is 0.688. The van der Waals surface area contributed by atoms with Crippen LogP contribution in [0.5, 0.6) is 0 Å². The van der Waals surface area contributed by atoms with Crippen molar-refractivity contribution in [1.29, 1.82) is 0 Å². The van der Waals surface area contributed by atoms with Crippen LogP contribution in [0.25, 0.3) is 0 Å². The molecule has 0 fully saturated rings. The number of nitrogens with zero attached hydrogens (tertiary/aromatic N) is 3. The summed E-state index contributed by atoms with van der Waals surface area (Å²) in [6.07, 6.45) is 2.89. The Labute approximate surface area is 144 Å². The summed E-state index contributed by atoms with van der Waals surface area (Å²) in [5.74, 6) is 0. The molecule has 1 aromatic rings. The normalized spacial score (nSPS) is 8.09. The molecule has 0 unspecified atom stereocenters. The Bertz CT molecular complexity index is 256. The van der Waals surface area contributed by atoms with E-state index in [1.54, 1.807) is 39.3 Å². The Morgan fingerprint density at radius 2 is 1.09 bits per heavy atom. The third kappa shape index (κ3) is 160. The van der Waals surface area contributed by atoms with Crippen LogP contribution < -0.4 is 15.8 Å². The van der Waals surface area contributed by atoms with Crippen molar-refractivity contribution in [2.75, 3.05) is 63.4 Å². The molecule has 0 amide bonds. The summed E-state index contributed by atoms with van der Waals surface area (Å²) in [4.78, 5) is 2.00. The Balaban J connectivity index is -0.0000000608. The Morgan fingerprint density at radius 3 is 1.17 bits per heavy atom. The molecule has 1 rings (SSSR count). The van der Waals surface area contributed by atoms with Crippen LogP contribution in [-0.4, -0.2) is 73.0 Å². The molecule has 0 atom stereocenters.